The van der Waals surface area contributed by atoms with E-state index in [-0.39, 0.29) is 5.41 Å². The van der Waals surface area contributed by atoms with E-state index in [4.69, 9.17) is 0 Å². The molecule has 0 heterocycles. The van der Waals surface area contributed by atoms with Gasteiger partial charge in [-0.2, -0.15) is 0 Å². The highest BCUT2D eigenvalue weighted by Crippen LogP contribution is 2.46. The maximum absolute atomic E-state index is 10.5. The van der Waals surface area contributed by atoms with Crippen LogP contribution in [0.3, 0.4) is 0 Å². The Hall–Kier alpha value is -3.52. The molecule has 0 saturated carbocycles. The van der Waals surface area contributed by atoms with Crippen LogP contribution in [-0.4, -0.2) is 10.2 Å². The first-order valence-electron chi connectivity index (χ1n) is 10.6. The fourth-order valence-electron chi connectivity index (χ4n) is 4.54. The van der Waals surface area contributed by atoms with Crippen LogP contribution in [0.5, 0.6) is 11.5 Å². The Kier molecular flexibility index (Phi) is 5.32. The molecule has 0 saturated heterocycles. The third-order valence-electron chi connectivity index (χ3n) is 6.34. The summed E-state index contributed by atoms with van der Waals surface area (Å²) in [4.78, 5) is 0. The molecule has 0 aliphatic heterocycles. The van der Waals surface area contributed by atoms with Crippen molar-refractivity contribution in [2.45, 2.75) is 33.1 Å². The predicted octanol–water partition coefficient (Wildman–Crippen LogP) is 7.37. The van der Waals surface area contributed by atoms with Crippen LogP contribution in [0.4, 0.5) is 0 Å². The van der Waals surface area contributed by atoms with Crippen molar-refractivity contribution in [3.05, 3.63) is 107 Å². The second-order valence-electron chi connectivity index (χ2n) is 8.62. The van der Waals surface area contributed by atoms with Crippen LogP contribution in [0.1, 0.15) is 36.1 Å². The minimum atomic E-state index is -0.382. The monoisotopic (exact) mass is 408 g/mol. The van der Waals surface area contributed by atoms with Gasteiger partial charge in [-0.15, -0.1) is 0 Å². The highest BCUT2D eigenvalue weighted by Gasteiger charge is 2.31. The van der Waals surface area contributed by atoms with Crippen molar-refractivity contribution in [2.75, 3.05) is 0 Å². The molecule has 0 aromatic heterocycles. The molecule has 0 aliphatic carbocycles. The number of phenols is 2. The van der Waals surface area contributed by atoms with E-state index in [0.29, 0.717) is 11.5 Å². The summed E-state index contributed by atoms with van der Waals surface area (Å²) in [5.74, 6) is 0.590. The molecule has 31 heavy (non-hydrogen) atoms. The first-order chi connectivity index (χ1) is 14.8. The fourth-order valence-corrected chi connectivity index (χ4v) is 4.54. The van der Waals surface area contributed by atoms with Gasteiger partial charge in [0.2, 0.25) is 0 Å². The topological polar surface area (TPSA) is 40.5 Å². The Balaban J connectivity index is 2.02. The Morgan fingerprint density at radius 1 is 0.516 bits per heavy atom. The molecule has 2 N–H and O–H groups in total. The zero-order chi connectivity index (χ0) is 22.2. The van der Waals surface area contributed by atoms with E-state index < -0.39 is 0 Å². The number of rotatable bonds is 4. The van der Waals surface area contributed by atoms with Crippen LogP contribution in [-0.2, 0) is 5.41 Å². The van der Waals surface area contributed by atoms with Crippen LogP contribution >= 0.6 is 0 Å². The fraction of sp³-hybridized carbons (Fsp3) is 0.172. The Labute approximate surface area is 184 Å². The van der Waals surface area contributed by atoms with E-state index >= 15 is 0 Å². The maximum Gasteiger partial charge on any atom is 0.119 e. The predicted molar refractivity (Wildman–Crippen MR) is 129 cm³/mol. The molecule has 0 bridgehead atoms. The van der Waals surface area contributed by atoms with Crippen molar-refractivity contribution >= 4 is 0 Å². The Morgan fingerprint density at radius 3 is 1.23 bits per heavy atom. The Bertz CT molecular complexity index is 1130. The van der Waals surface area contributed by atoms with Gasteiger partial charge in [0.15, 0.2) is 0 Å². The number of hydrogen-bond donors (Lipinski definition) is 2. The lowest BCUT2D eigenvalue weighted by Crippen LogP contribution is -2.22. The zero-order valence-electron chi connectivity index (χ0n) is 18.5. The molecular formula is C29H28O2. The molecule has 0 aliphatic rings. The molecule has 4 rings (SSSR count). The molecule has 0 atom stereocenters. The van der Waals surface area contributed by atoms with Gasteiger partial charge < -0.3 is 10.2 Å². The molecule has 2 nitrogen and oxygen atoms in total. The molecule has 4 aromatic rings. The molecule has 4 aromatic carbocycles. The summed E-state index contributed by atoms with van der Waals surface area (Å²) < 4.78 is 0. The lowest BCUT2D eigenvalue weighted by Gasteiger charge is -2.33. The van der Waals surface area contributed by atoms with Gasteiger partial charge in [-0.05, 0) is 70.5 Å². The molecular weight excluding hydrogens is 380 g/mol. The molecule has 2 heteroatoms. The highest BCUT2D eigenvalue weighted by molar-refractivity contribution is 5.79. The summed E-state index contributed by atoms with van der Waals surface area (Å²) in [7, 11) is 0. The summed E-state index contributed by atoms with van der Waals surface area (Å²) >= 11 is 0. The van der Waals surface area contributed by atoms with Gasteiger partial charge in [0, 0.05) is 5.41 Å². The summed E-state index contributed by atoms with van der Waals surface area (Å²) in [5.41, 5.74) is 7.89. The Morgan fingerprint density at radius 2 is 0.871 bits per heavy atom. The van der Waals surface area contributed by atoms with Crippen molar-refractivity contribution in [1.29, 1.82) is 0 Å². The summed E-state index contributed by atoms with van der Waals surface area (Å²) in [6.07, 6.45) is 0. The van der Waals surface area contributed by atoms with Crippen molar-refractivity contribution < 1.29 is 10.2 Å². The van der Waals surface area contributed by atoms with Gasteiger partial charge in [0.05, 0.1) is 0 Å². The molecule has 0 radical (unpaired) electrons. The van der Waals surface area contributed by atoms with Crippen LogP contribution < -0.4 is 0 Å². The van der Waals surface area contributed by atoms with Crippen LogP contribution in [0, 0.1) is 13.8 Å². The minimum Gasteiger partial charge on any atom is -0.508 e. The minimum absolute atomic E-state index is 0.295. The highest BCUT2D eigenvalue weighted by atomic mass is 16.3. The first-order valence-corrected chi connectivity index (χ1v) is 10.6. The summed E-state index contributed by atoms with van der Waals surface area (Å²) in [6, 6.07) is 28.1. The van der Waals surface area contributed by atoms with Crippen molar-refractivity contribution in [2.24, 2.45) is 0 Å². The third kappa shape index (κ3) is 3.59. The van der Waals surface area contributed by atoms with Crippen LogP contribution in [0.15, 0.2) is 84.9 Å². The zero-order valence-corrected chi connectivity index (χ0v) is 18.5. The normalized spacial score (nSPS) is 11.5. The van der Waals surface area contributed by atoms with Gasteiger partial charge in [-0.1, -0.05) is 86.6 Å². The molecule has 0 unspecified atom stereocenters. The van der Waals surface area contributed by atoms with Gasteiger partial charge in [-0.3, -0.25) is 0 Å². The number of benzene rings is 4. The van der Waals surface area contributed by atoms with Crippen molar-refractivity contribution in [1.82, 2.24) is 0 Å². The second-order valence-corrected chi connectivity index (χ2v) is 8.62. The quantitative estimate of drug-likeness (QED) is 0.370. The standard InChI is InChI=1S/C29H28O2/c1-19-25(30)17-15-23(27(19)21-11-7-5-8-12-21)29(3,4)24-16-18-26(31)20(2)28(24)22-13-9-6-10-14-22/h5-18,30-31H,1-4H3. The maximum atomic E-state index is 10.5. The van der Waals surface area contributed by atoms with Crippen LogP contribution in [0.25, 0.3) is 22.3 Å². The van der Waals surface area contributed by atoms with E-state index in [0.717, 1.165) is 44.5 Å². The number of aromatic hydroxyl groups is 2. The van der Waals surface area contributed by atoms with Gasteiger partial charge in [0.1, 0.15) is 11.5 Å². The number of phenolic OH excluding ortho intramolecular Hbond substituents is 2. The molecule has 0 amide bonds. The lowest BCUT2D eigenvalue weighted by atomic mass is 9.71. The van der Waals surface area contributed by atoms with Gasteiger partial charge in [-0.25, -0.2) is 0 Å². The first kappa shape index (κ1) is 20.7. The molecule has 156 valence electrons. The van der Waals surface area contributed by atoms with Crippen molar-refractivity contribution in [3.8, 4) is 33.8 Å². The average Bonchev–Trinajstić information content (AvgIpc) is 2.78. The molecule has 0 fully saturated rings. The van der Waals surface area contributed by atoms with E-state index in [2.05, 4.69) is 38.1 Å². The van der Waals surface area contributed by atoms with E-state index in [1.165, 1.54) is 0 Å². The van der Waals surface area contributed by atoms with E-state index in [9.17, 15) is 10.2 Å². The largest absolute Gasteiger partial charge is 0.508 e. The van der Waals surface area contributed by atoms with Crippen LogP contribution in [0.2, 0.25) is 0 Å². The van der Waals surface area contributed by atoms with E-state index in [1.807, 2.05) is 62.4 Å². The van der Waals surface area contributed by atoms with E-state index in [1.54, 1.807) is 12.1 Å². The second kappa shape index (κ2) is 7.96. The smallest absolute Gasteiger partial charge is 0.119 e. The van der Waals surface area contributed by atoms with Gasteiger partial charge >= 0.3 is 0 Å². The summed E-state index contributed by atoms with van der Waals surface area (Å²) in [6.45, 7) is 8.36. The molecule has 0 spiro atoms. The lowest BCUT2D eigenvalue weighted by molar-refractivity contribution is 0.470. The average molecular weight is 409 g/mol. The number of hydrogen-bond acceptors (Lipinski definition) is 2. The SMILES string of the molecule is Cc1c(O)ccc(C(C)(C)c2ccc(O)c(C)c2-c2ccccc2)c1-c1ccccc1. The van der Waals surface area contributed by atoms with Gasteiger partial charge in [0.25, 0.3) is 0 Å². The summed E-state index contributed by atoms with van der Waals surface area (Å²) in [5, 5.41) is 21.0. The van der Waals surface area contributed by atoms with Crippen molar-refractivity contribution in [3.63, 3.8) is 0 Å². The third-order valence-corrected chi connectivity index (χ3v) is 6.34.